The molecule has 1 aliphatic heterocycles. The third-order valence-corrected chi connectivity index (χ3v) is 4.30. The number of nitrogens with zero attached hydrogens (tertiary/aromatic N) is 2. The summed E-state index contributed by atoms with van der Waals surface area (Å²) in [6, 6.07) is 11.2. The molecule has 0 atom stereocenters. The third kappa shape index (κ3) is 3.23. The topological polar surface area (TPSA) is 65.4 Å². The minimum atomic E-state index is -0.322. The summed E-state index contributed by atoms with van der Waals surface area (Å²) in [4.78, 5) is 12.8. The van der Waals surface area contributed by atoms with Crippen LogP contribution in [0.5, 0.6) is 11.5 Å². The van der Waals surface area contributed by atoms with Gasteiger partial charge in [0.25, 0.3) is 5.91 Å². The van der Waals surface area contributed by atoms with Gasteiger partial charge in [0, 0.05) is 11.8 Å². The van der Waals surface area contributed by atoms with Crippen LogP contribution in [0, 0.1) is 5.82 Å². The zero-order valence-electron chi connectivity index (χ0n) is 14.9. The molecule has 0 fully saturated rings. The van der Waals surface area contributed by atoms with E-state index in [1.165, 1.54) is 18.3 Å². The molecule has 0 unspecified atom stereocenters. The first kappa shape index (κ1) is 17.1. The lowest BCUT2D eigenvalue weighted by Crippen LogP contribution is -2.15. The second-order valence-corrected chi connectivity index (χ2v) is 6.51. The van der Waals surface area contributed by atoms with Crippen LogP contribution in [-0.4, -0.2) is 22.5 Å². The van der Waals surface area contributed by atoms with Gasteiger partial charge in [-0.15, -0.1) is 0 Å². The summed E-state index contributed by atoms with van der Waals surface area (Å²) in [5.41, 5.74) is 2.52. The van der Waals surface area contributed by atoms with Crippen molar-refractivity contribution in [2.24, 2.45) is 0 Å². The first-order valence-corrected chi connectivity index (χ1v) is 8.58. The Morgan fingerprint density at radius 2 is 1.89 bits per heavy atom. The molecule has 0 spiro atoms. The van der Waals surface area contributed by atoms with Crippen LogP contribution >= 0.6 is 0 Å². The lowest BCUT2D eigenvalue weighted by atomic mass is 10.0. The minimum absolute atomic E-state index is 0.0371. The predicted molar refractivity (Wildman–Crippen MR) is 98.1 cm³/mol. The lowest BCUT2D eigenvalue weighted by Gasteiger charge is -2.13. The van der Waals surface area contributed by atoms with Gasteiger partial charge in [-0.25, -0.2) is 9.07 Å². The first-order valence-electron chi connectivity index (χ1n) is 8.58. The zero-order valence-corrected chi connectivity index (χ0v) is 14.9. The van der Waals surface area contributed by atoms with Crippen molar-refractivity contribution >= 4 is 11.6 Å². The maximum absolute atomic E-state index is 13.2. The van der Waals surface area contributed by atoms with Gasteiger partial charge in [-0.2, -0.15) is 5.10 Å². The largest absolute Gasteiger partial charge is 0.454 e. The highest BCUT2D eigenvalue weighted by atomic mass is 19.1. The number of fused-ring (bicyclic) bond motifs is 1. The Hall–Kier alpha value is -3.35. The van der Waals surface area contributed by atoms with Crippen LogP contribution in [0.25, 0.3) is 5.69 Å². The Morgan fingerprint density at radius 1 is 1.15 bits per heavy atom. The molecule has 27 heavy (non-hydrogen) atoms. The Bertz CT molecular complexity index is 996. The smallest absolute Gasteiger partial charge is 0.259 e. The van der Waals surface area contributed by atoms with E-state index in [0.29, 0.717) is 28.4 Å². The summed E-state index contributed by atoms with van der Waals surface area (Å²) in [6.45, 7) is 4.14. The molecule has 1 N–H and O–H groups in total. The van der Waals surface area contributed by atoms with Gasteiger partial charge in [-0.1, -0.05) is 13.8 Å². The highest BCUT2D eigenvalue weighted by Gasteiger charge is 2.22. The predicted octanol–water partition coefficient (Wildman–Crippen LogP) is 4.12. The minimum Gasteiger partial charge on any atom is -0.454 e. The van der Waals surface area contributed by atoms with Crippen LogP contribution < -0.4 is 14.8 Å². The number of hydrogen-bond acceptors (Lipinski definition) is 4. The third-order valence-electron chi connectivity index (χ3n) is 4.30. The van der Waals surface area contributed by atoms with Crippen LogP contribution in [0.15, 0.2) is 48.7 Å². The van der Waals surface area contributed by atoms with E-state index in [1.54, 1.807) is 35.0 Å². The average Bonchev–Trinajstić information content (AvgIpc) is 3.28. The van der Waals surface area contributed by atoms with Crippen LogP contribution in [0.3, 0.4) is 0 Å². The molecular weight excluding hydrogens is 349 g/mol. The number of anilines is 1. The maximum Gasteiger partial charge on any atom is 0.259 e. The molecule has 3 aromatic rings. The molecule has 0 saturated carbocycles. The molecule has 0 saturated heterocycles. The van der Waals surface area contributed by atoms with Crippen molar-refractivity contribution in [3.63, 3.8) is 0 Å². The maximum atomic E-state index is 13.2. The average molecular weight is 367 g/mol. The number of halogens is 1. The highest BCUT2D eigenvalue weighted by Crippen LogP contribution is 2.34. The number of rotatable bonds is 4. The van der Waals surface area contributed by atoms with Crippen molar-refractivity contribution in [2.75, 3.05) is 12.1 Å². The van der Waals surface area contributed by atoms with Crippen LogP contribution in [-0.2, 0) is 0 Å². The molecule has 7 heteroatoms. The van der Waals surface area contributed by atoms with E-state index in [-0.39, 0.29) is 24.4 Å². The summed E-state index contributed by atoms with van der Waals surface area (Å²) in [5, 5.41) is 7.22. The molecule has 0 aliphatic carbocycles. The zero-order chi connectivity index (χ0) is 19.0. The standard InChI is InChI=1S/C20H18FN3O3/c1-12(2)19-16(10-22-24(19)15-6-3-13(21)4-7-15)20(25)23-14-5-8-17-18(9-14)27-11-26-17/h3-10,12H,11H2,1-2H3,(H,23,25). The summed E-state index contributed by atoms with van der Waals surface area (Å²) in [5.74, 6) is 0.692. The SMILES string of the molecule is CC(C)c1c(C(=O)Nc2ccc3c(c2)OCO3)cnn1-c1ccc(F)cc1. The second-order valence-electron chi connectivity index (χ2n) is 6.51. The molecule has 1 amide bonds. The number of nitrogens with one attached hydrogen (secondary N) is 1. The van der Waals surface area contributed by atoms with E-state index in [0.717, 1.165) is 5.69 Å². The Kier molecular flexibility index (Phi) is 4.27. The van der Waals surface area contributed by atoms with Gasteiger partial charge in [0.05, 0.1) is 23.1 Å². The van der Waals surface area contributed by atoms with Gasteiger partial charge < -0.3 is 14.8 Å². The van der Waals surface area contributed by atoms with Crippen LogP contribution in [0.2, 0.25) is 0 Å². The fourth-order valence-corrected chi connectivity index (χ4v) is 3.05. The quantitative estimate of drug-likeness (QED) is 0.753. The van der Waals surface area contributed by atoms with Crippen molar-refractivity contribution in [2.45, 2.75) is 19.8 Å². The first-order chi connectivity index (χ1) is 13.0. The van der Waals surface area contributed by atoms with Crippen LogP contribution in [0.4, 0.5) is 10.1 Å². The summed E-state index contributed by atoms with van der Waals surface area (Å²) in [7, 11) is 0. The van der Waals surface area contributed by atoms with Gasteiger partial charge in [-0.05, 0) is 42.3 Å². The van der Waals surface area contributed by atoms with Crippen LogP contribution in [0.1, 0.15) is 35.8 Å². The molecule has 0 bridgehead atoms. The van der Waals surface area contributed by atoms with E-state index in [9.17, 15) is 9.18 Å². The highest BCUT2D eigenvalue weighted by molar-refractivity contribution is 6.05. The van der Waals surface area contributed by atoms with E-state index in [2.05, 4.69) is 10.4 Å². The number of hydrogen-bond donors (Lipinski definition) is 1. The summed E-state index contributed by atoms with van der Waals surface area (Å²) >= 11 is 0. The van der Waals surface area contributed by atoms with Crippen molar-refractivity contribution in [3.05, 3.63) is 65.7 Å². The number of aromatic nitrogens is 2. The molecule has 1 aromatic heterocycles. The van der Waals surface area contributed by atoms with Crippen molar-refractivity contribution < 1.29 is 18.7 Å². The molecule has 2 aromatic carbocycles. The van der Waals surface area contributed by atoms with Gasteiger partial charge in [0.2, 0.25) is 6.79 Å². The molecule has 138 valence electrons. The van der Waals surface area contributed by atoms with Crippen molar-refractivity contribution in [1.29, 1.82) is 0 Å². The number of ether oxygens (including phenoxy) is 2. The fraction of sp³-hybridized carbons (Fsp3) is 0.200. The van der Waals surface area contributed by atoms with E-state index in [4.69, 9.17) is 9.47 Å². The summed E-state index contributed by atoms with van der Waals surface area (Å²) in [6.07, 6.45) is 1.53. The van der Waals surface area contributed by atoms with Gasteiger partial charge >= 0.3 is 0 Å². The van der Waals surface area contributed by atoms with Gasteiger partial charge in [0.1, 0.15) is 5.82 Å². The lowest BCUT2D eigenvalue weighted by molar-refractivity contribution is 0.102. The molecule has 4 rings (SSSR count). The molecule has 6 nitrogen and oxygen atoms in total. The van der Waals surface area contributed by atoms with E-state index < -0.39 is 0 Å². The van der Waals surface area contributed by atoms with Gasteiger partial charge in [0.15, 0.2) is 11.5 Å². The number of carbonyl (C=O) groups excluding carboxylic acids is 1. The number of carbonyl (C=O) groups is 1. The van der Waals surface area contributed by atoms with Crippen molar-refractivity contribution in [3.8, 4) is 17.2 Å². The number of benzene rings is 2. The fourth-order valence-electron chi connectivity index (χ4n) is 3.05. The van der Waals surface area contributed by atoms with Crippen molar-refractivity contribution in [1.82, 2.24) is 9.78 Å². The molecule has 1 aliphatic rings. The molecule has 0 radical (unpaired) electrons. The molecule has 2 heterocycles. The second kappa shape index (κ2) is 6.75. The van der Waals surface area contributed by atoms with E-state index in [1.807, 2.05) is 13.8 Å². The number of amides is 1. The monoisotopic (exact) mass is 367 g/mol. The Balaban J connectivity index is 1.65. The Morgan fingerprint density at radius 3 is 2.63 bits per heavy atom. The normalized spacial score (nSPS) is 12.4. The van der Waals surface area contributed by atoms with E-state index >= 15 is 0 Å². The summed E-state index contributed by atoms with van der Waals surface area (Å²) < 4.78 is 25.5. The Labute approximate surface area is 155 Å². The molecular formula is C20H18FN3O3. The van der Waals surface area contributed by atoms with Gasteiger partial charge in [-0.3, -0.25) is 4.79 Å².